The lowest BCUT2D eigenvalue weighted by Crippen LogP contribution is -2.47. The van der Waals surface area contributed by atoms with E-state index in [0.717, 1.165) is 32.7 Å². The minimum absolute atomic E-state index is 0.268. The summed E-state index contributed by atoms with van der Waals surface area (Å²) in [7, 11) is 1.96. The Hall–Kier alpha value is -1.10. The molecule has 0 bridgehead atoms. The van der Waals surface area contributed by atoms with E-state index in [1.807, 2.05) is 19.2 Å². The van der Waals surface area contributed by atoms with E-state index in [4.69, 9.17) is 4.74 Å². The molecule has 0 saturated carbocycles. The van der Waals surface area contributed by atoms with Gasteiger partial charge < -0.3 is 15.2 Å². The van der Waals surface area contributed by atoms with E-state index in [0.29, 0.717) is 11.8 Å². The minimum Gasteiger partial charge on any atom is -0.508 e. The van der Waals surface area contributed by atoms with Gasteiger partial charge in [-0.05, 0) is 31.2 Å². The van der Waals surface area contributed by atoms with Gasteiger partial charge in [-0.15, -0.1) is 0 Å². The number of benzene rings is 1. The number of aromatic hydroxyl groups is 1. The molecule has 2 rings (SSSR count). The Kier molecular flexibility index (Phi) is 5.19. The molecular weight excluding hydrogens is 240 g/mol. The molecule has 1 aromatic carbocycles. The molecule has 106 valence electrons. The van der Waals surface area contributed by atoms with Crippen LogP contribution in [-0.4, -0.2) is 49.4 Å². The molecule has 0 aromatic heterocycles. The van der Waals surface area contributed by atoms with Crippen molar-refractivity contribution < 1.29 is 9.84 Å². The van der Waals surface area contributed by atoms with Gasteiger partial charge in [0.15, 0.2) is 0 Å². The predicted octanol–water partition coefficient (Wildman–Crippen LogP) is 1.76. The first-order valence-corrected chi connectivity index (χ1v) is 7.03. The molecule has 1 fully saturated rings. The van der Waals surface area contributed by atoms with Crippen molar-refractivity contribution in [3.63, 3.8) is 0 Å². The zero-order chi connectivity index (χ0) is 13.7. The third kappa shape index (κ3) is 3.69. The van der Waals surface area contributed by atoms with Gasteiger partial charge in [0.05, 0.1) is 12.7 Å². The number of nitrogens with zero attached hydrogens (tertiary/aromatic N) is 1. The number of likely N-dealkylation sites (N-methyl/N-ethyl adjacent to an activating group) is 1. The fourth-order valence-electron chi connectivity index (χ4n) is 2.78. The Bertz CT molecular complexity index is 378. The second kappa shape index (κ2) is 6.89. The maximum Gasteiger partial charge on any atom is 0.115 e. The van der Waals surface area contributed by atoms with E-state index in [2.05, 4.69) is 17.1 Å². The van der Waals surface area contributed by atoms with Crippen LogP contribution in [0.4, 0.5) is 0 Å². The lowest BCUT2D eigenvalue weighted by Gasteiger charge is -2.38. The average Bonchev–Trinajstić information content (AvgIpc) is 2.43. The van der Waals surface area contributed by atoms with Gasteiger partial charge in [0.25, 0.3) is 0 Å². The molecule has 19 heavy (non-hydrogen) atoms. The van der Waals surface area contributed by atoms with Crippen LogP contribution in [0.25, 0.3) is 0 Å². The smallest absolute Gasteiger partial charge is 0.115 e. The Labute approximate surface area is 115 Å². The van der Waals surface area contributed by atoms with Crippen LogP contribution >= 0.6 is 0 Å². The van der Waals surface area contributed by atoms with Crippen molar-refractivity contribution in [1.82, 2.24) is 10.2 Å². The third-order valence-corrected chi connectivity index (χ3v) is 3.71. The van der Waals surface area contributed by atoms with Crippen molar-refractivity contribution in [3.05, 3.63) is 29.8 Å². The SMILES string of the molecule is CCC(c1ccc(O)cc1)N1CCOC(CNC)C1. The topological polar surface area (TPSA) is 44.7 Å². The van der Waals surface area contributed by atoms with Crippen LogP contribution in [0.1, 0.15) is 24.9 Å². The number of hydrogen-bond donors (Lipinski definition) is 2. The number of ether oxygens (including phenoxy) is 1. The molecule has 4 heteroatoms. The Morgan fingerprint density at radius 3 is 2.79 bits per heavy atom. The van der Waals surface area contributed by atoms with Gasteiger partial charge in [-0.3, -0.25) is 4.90 Å². The fourth-order valence-corrected chi connectivity index (χ4v) is 2.78. The summed E-state index contributed by atoms with van der Waals surface area (Å²) in [5.74, 6) is 0.327. The summed E-state index contributed by atoms with van der Waals surface area (Å²) in [6, 6.07) is 7.98. The van der Waals surface area contributed by atoms with Crippen LogP contribution in [0, 0.1) is 0 Å². The van der Waals surface area contributed by atoms with E-state index in [1.165, 1.54) is 5.56 Å². The molecule has 4 nitrogen and oxygen atoms in total. The molecule has 2 atom stereocenters. The summed E-state index contributed by atoms with van der Waals surface area (Å²) in [4.78, 5) is 2.48. The van der Waals surface area contributed by atoms with Gasteiger partial charge in [0.2, 0.25) is 0 Å². The Morgan fingerprint density at radius 1 is 1.42 bits per heavy atom. The maximum atomic E-state index is 9.39. The van der Waals surface area contributed by atoms with Crippen molar-refractivity contribution in [2.24, 2.45) is 0 Å². The van der Waals surface area contributed by atoms with Crippen LogP contribution in [0.5, 0.6) is 5.75 Å². The van der Waals surface area contributed by atoms with Gasteiger partial charge in [0.1, 0.15) is 5.75 Å². The zero-order valence-electron chi connectivity index (χ0n) is 11.8. The third-order valence-electron chi connectivity index (χ3n) is 3.71. The molecule has 0 spiro atoms. The number of rotatable bonds is 5. The molecule has 0 radical (unpaired) electrons. The van der Waals surface area contributed by atoms with Crippen LogP contribution in [0.3, 0.4) is 0 Å². The van der Waals surface area contributed by atoms with Crippen LogP contribution in [-0.2, 0) is 4.74 Å². The van der Waals surface area contributed by atoms with Crippen molar-refractivity contribution in [1.29, 1.82) is 0 Å². The van der Waals surface area contributed by atoms with Crippen LogP contribution in [0.15, 0.2) is 24.3 Å². The highest BCUT2D eigenvalue weighted by Gasteiger charge is 2.26. The zero-order valence-corrected chi connectivity index (χ0v) is 11.8. The van der Waals surface area contributed by atoms with E-state index < -0.39 is 0 Å². The quantitative estimate of drug-likeness (QED) is 0.850. The number of nitrogens with one attached hydrogen (secondary N) is 1. The highest BCUT2D eigenvalue weighted by molar-refractivity contribution is 5.28. The van der Waals surface area contributed by atoms with Gasteiger partial charge in [-0.1, -0.05) is 19.1 Å². The second-order valence-corrected chi connectivity index (χ2v) is 5.06. The van der Waals surface area contributed by atoms with Gasteiger partial charge >= 0.3 is 0 Å². The Balaban J connectivity index is 2.06. The number of morpholine rings is 1. The van der Waals surface area contributed by atoms with E-state index in [9.17, 15) is 5.11 Å². The number of phenolic OH excluding ortho intramolecular Hbond substituents is 1. The normalized spacial score (nSPS) is 22.3. The first-order chi connectivity index (χ1) is 9.24. The molecule has 1 heterocycles. The van der Waals surface area contributed by atoms with Crippen LogP contribution < -0.4 is 5.32 Å². The predicted molar refractivity (Wildman–Crippen MR) is 76.4 cm³/mol. The first kappa shape index (κ1) is 14.3. The second-order valence-electron chi connectivity index (χ2n) is 5.06. The molecular formula is C15H24N2O2. The molecule has 1 aliphatic heterocycles. The van der Waals surface area contributed by atoms with E-state index in [-0.39, 0.29) is 6.10 Å². The van der Waals surface area contributed by atoms with E-state index in [1.54, 1.807) is 12.1 Å². The van der Waals surface area contributed by atoms with E-state index >= 15 is 0 Å². The summed E-state index contributed by atoms with van der Waals surface area (Å²) >= 11 is 0. The lowest BCUT2D eigenvalue weighted by molar-refractivity contribution is -0.0424. The van der Waals surface area contributed by atoms with Gasteiger partial charge in [0, 0.05) is 25.7 Å². The first-order valence-electron chi connectivity index (χ1n) is 7.03. The highest BCUT2D eigenvalue weighted by atomic mass is 16.5. The standard InChI is InChI=1S/C15H24N2O2/c1-3-15(12-4-6-13(18)7-5-12)17-8-9-19-14(11-17)10-16-2/h4-7,14-16,18H,3,8-11H2,1-2H3. The number of phenols is 1. The summed E-state index contributed by atoms with van der Waals surface area (Å²) < 4.78 is 5.75. The highest BCUT2D eigenvalue weighted by Crippen LogP contribution is 2.27. The summed E-state index contributed by atoms with van der Waals surface area (Å²) in [6.07, 6.45) is 1.33. The van der Waals surface area contributed by atoms with Crippen molar-refractivity contribution in [2.45, 2.75) is 25.5 Å². The average molecular weight is 264 g/mol. The molecule has 0 amide bonds. The molecule has 2 N–H and O–H groups in total. The van der Waals surface area contributed by atoms with Gasteiger partial charge in [-0.2, -0.15) is 0 Å². The largest absolute Gasteiger partial charge is 0.508 e. The Morgan fingerprint density at radius 2 is 2.16 bits per heavy atom. The molecule has 1 aromatic rings. The number of hydrogen-bond acceptors (Lipinski definition) is 4. The molecule has 0 aliphatic carbocycles. The van der Waals surface area contributed by atoms with Crippen molar-refractivity contribution >= 4 is 0 Å². The minimum atomic E-state index is 0.268. The summed E-state index contributed by atoms with van der Waals surface area (Å²) in [6.45, 7) is 5.82. The maximum absolute atomic E-state index is 9.39. The summed E-state index contributed by atoms with van der Waals surface area (Å²) in [5.41, 5.74) is 1.27. The van der Waals surface area contributed by atoms with Gasteiger partial charge in [-0.25, -0.2) is 0 Å². The monoisotopic (exact) mass is 264 g/mol. The molecule has 1 saturated heterocycles. The van der Waals surface area contributed by atoms with Crippen molar-refractivity contribution in [2.75, 3.05) is 33.3 Å². The molecule has 2 unspecified atom stereocenters. The van der Waals surface area contributed by atoms with Crippen molar-refractivity contribution in [3.8, 4) is 5.75 Å². The van der Waals surface area contributed by atoms with Crippen LogP contribution in [0.2, 0.25) is 0 Å². The summed E-state index contributed by atoms with van der Waals surface area (Å²) in [5, 5.41) is 12.6. The lowest BCUT2D eigenvalue weighted by atomic mass is 10.0. The fraction of sp³-hybridized carbons (Fsp3) is 0.600. The molecule has 1 aliphatic rings.